The van der Waals surface area contributed by atoms with Crippen molar-refractivity contribution < 1.29 is 4.79 Å². The van der Waals surface area contributed by atoms with Crippen molar-refractivity contribution in [3.63, 3.8) is 0 Å². The van der Waals surface area contributed by atoms with Gasteiger partial charge < -0.3 is 15.5 Å². The predicted octanol–water partition coefficient (Wildman–Crippen LogP) is 1.29. The number of likely N-dealkylation sites (tertiary alicyclic amines) is 1. The molecule has 0 bridgehead atoms. The number of piperidine rings is 2. The van der Waals surface area contributed by atoms with E-state index in [2.05, 4.69) is 25.1 Å². The smallest absolute Gasteiger partial charge is 0.227 e. The molecule has 0 unspecified atom stereocenters. The highest BCUT2D eigenvalue weighted by Crippen LogP contribution is 2.26. The number of amides is 1. The summed E-state index contributed by atoms with van der Waals surface area (Å²) < 4.78 is 1.89. The second kappa shape index (κ2) is 8.68. The number of aromatic nitrogens is 4. The van der Waals surface area contributed by atoms with E-state index in [1.807, 2.05) is 35.3 Å². The molecule has 2 saturated heterocycles. The van der Waals surface area contributed by atoms with Crippen molar-refractivity contribution in [3.8, 4) is 0 Å². The number of pyridine rings is 1. The van der Waals surface area contributed by atoms with Gasteiger partial charge in [-0.1, -0.05) is 11.3 Å². The summed E-state index contributed by atoms with van der Waals surface area (Å²) in [5.41, 5.74) is 6.42. The molecular weight excluding hydrogens is 354 g/mol. The van der Waals surface area contributed by atoms with Gasteiger partial charge in [0.05, 0.1) is 11.6 Å². The molecular formula is C20H29N7O. The summed E-state index contributed by atoms with van der Waals surface area (Å²) >= 11 is 0. The van der Waals surface area contributed by atoms with Gasteiger partial charge in [0.1, 0.15) is 5.82 Å². The standard InChI is InChI=1S/C20H29N7O/c21-12-18-15-27(24-23-18)13-16-6-10-25(11-7-16)20(28)17-4-3-9-26(14-17)19-5-1-2-8-22-19/h1-2,5,8,15-17H,3-4,6-7,9-14,21H2/t17-/m0/s1. The fraction of sp³-hybridized carbons (Fsp3) is 0.600. The van der Waals surface area contributed by atoms with Crippen LogP contribution in [0, 0.1) is 11.8 Å². The highest BCUT2D eigenvalue weighted by molar-refractivity contribution is 5.79. The third kappa shape index (κ3) is 4.32. The van der Waals surface area contributed by atoms with E-state index in [1.165, 1.54) is 0 Å². The van der Waals surface area contributed by atoms with Crippen LogP contribution in [0.3, 0.4) is 0 Å². The summed E-state index contributed by atoms with van der Waals surface area (Å²) in [6.45, 7) is 4.70. The van der Waals surface area contributed by atoms with Crippen molar-refractivity contribution in [2.45, 2.75) is 38.8 Å². The molecule has 4 heterocycles. The molecule has 2 aromatic rings. The number of anilines is 1. The van der Waals surface area contributed by atoms with E-state index >= 15 is 0 Å². The molecule has 8 nitrogen and oxygen atoms in total. The zero-order valence-corrected chi connectivity index (χ0v) is 16.3. The Morgan fingerprint density at radius 3 is 2.75 bits per heavy atom. The van der Waals surface area contributed by atoms with E-state index in [9.17, 15) is 4.79 Å². The second-order valence-corrected chi connectivity index (χ2v) is 7.88. The summed E-state index contributed by atoms with van der Waals surface area (Å²) in [6, 6.07) is 5.96. The average molecular weight is 384 g/mol. The topological polar surface area (TPSA) is 93.2 Å². The van der Waals surface area contributed by atoms with Gasteiger partial charge in [0.2, 0.25) is 5.91 Å². The van der Waals surface area contributed by atoms with Crippen LogP contribution in [0.5, 0.6) is 0 Å². The van der Waals surface area contributed by atoms with E-state index in [4.69, 9.17) is 5.73 Å². The predicted molar refractivity (Wildman–Crippen MR) is 106 cm³/mol. The molecule has 2 N–H and O–H groups in total. The number of hydrogen-bond donors (Lipinski definition) is 1. The molecule has 1 atom stereocenters. The van der Waals surface area contributed by atoms with Crippen LogP contribution >= 0.6 is 0 Å². The van der Waals surface area contributed by atoms with Crippen LogP contribution in [-0.2, 0) is 17.9 Å². The summed E-state index contributed by atoms with van der Waals surface area (Å²) in [7, 11) is 0. The Kier molecular flexibility index (Phi) is 5.85. The van der Waals surface area contributed by atoms with Crippen molar-refractivity contribution in [3.05, 3.63) is 36.3 Å². The molecule has 0 spiro atoms. The number of carbonyl (C=O) groups excluding carboxylic acids is 1. The van der Waals surface area contributed by atoms with E-state index in [0.717, 1.165) is 69.9 Å². The SMILES string of the molecule is NCc1cn(CC2CCN(C(=O)[C@H]3CCCN(c4ccccn4)C3)CC2)nn1. The van der Waals surface area contributed by atoms with Crippen molar-refractivity contribution >= 4 is 11.7 Å². The summed E-state index contributed by atoms with van der Waals surface area (Å²) in [5, 5.41) is 8.19. The molecule has 0 aromatic carbocycles. The molecule has 8 heteroatoms. The first-order chi connectivity index (χ1) is 13.7. The Hall–Kier alpha value is -2.48. The van der Waals surface area contributed by atoms with Crippen LogP contribution in [0.4, 0.5) is 5.82 Å². The van der Waals surface area contributed by atoms with E-state index in [-0.39, 0.29) is 5.92 Å². The fourth-order valence-electron chi connectivity index (χ4n) is 4.31. The van der Waals surface area contributed by atoms with Crippen molar-refractivity contribution in [1.29, 1.82) is 0 Å². The largest absolute Gasteiger partial charge is 0.356 e. The maximum atomic E-state index is 13.1. The lowest BCUT2D eigenvalue weighted by molar-refractivity contribution is -0.137. The lowest BCUT2D eigenvalue weighted by Crippen LogP contribution is -2.47. The zero-order chi connectivity index (χ0) is 19.3. The van der Waals surface area contributed by atoms with Gasteiger partial charge >= 0.3 is 0 Å². The van der Waals surface area contributed by atoms with Gasteiger partial charge in [-0.05, 0) is 43.7 Å². The van der Waals surface area contributed by atoms with Crippen LogP contribution in [0.15, 0.2) is 30.6 Å². The monoisotopic (exact) mass is 383 g/mol. The van der Waals surface area contributed by atoms with Gasteiger partial charge in [-0.2, -0.15) is 0 Å². The second-order valence-electron chi connectivity index (χ2n) is 7.88. The van der Waals surface area contributed by atoms with Crippen LogP contribution in [0.2, 0.25) is 0 Å². The van der Waals surface area contributed by atoms with Crippen LogP contribution in [0.25, 0.3) is 0 Å². The van der Waals surface area contributed by atoms with Gasteiger partial charge in [-0.15, -0.1) is 5.10 Å². The van der Waals surface area contributed by atoms with E-state index in [0.29, 0.717) is 18.4 Å². The summed E-state index contributed by atoms with van der Waals surface area (Å²) in [6.07, 6.45) is 7.78. The average Bonchev–Trinajstić information content (AvgIpc) is 3.22. The first-order valence-corrected chi connectivity index (χ1v) is 10.3. The number of hydrogen-bond acceptors (Lipinski definition) is 6. The molecule has 2 aromatic heterocycles. The highest BCUT2D eigenvalue weighted by atomic mass is 16.2. The molecule has 28 heavy (non-hydrogen) atoms. The van der Waals surface area contributed by atoms with Crippen LogP contribution in [-0.4, -0.2) is 57.0 Å². The molecule has 2 aliphatic rings. The molecule has 0 radical (unpaired) electrons. The minimum atomic E-state index is 0.0785. The number of nitrogens with zero attached hydrogens (tertiary/aromatic N) is 6. The minimum absolute atomic E-state index is 0.0785. The van der Waals surface area contributed by atoms with Gasteiger partial charge in [0.15, 0.2) is 0 Å². The number of rotatable bonds is 5. The fourth-order valence-corrected chi connectivity index (χ4v) is 4.31. The summed E-state index contributed by atoms with van der Waals surface area (Å²) in [4.78, 5) is 21.8. The quantitative estimate of drug-likeness (QED) is 0.836. The normalized spacial score (nSPS) is 21.1. The van der Waals surface area contributed by atoms with Crippen molar-refractivity contribution in [2.24, 2.45) is 17.6 Å². The molecule has 2 fully saturated rings. The van der Waals surface area contributed by atoms with Crippen molar-refractivity contribution in [1.82, 2.24) is 24.9 Å². The lowest BCUT2D eigenvalue weighted by atomic mass is 9.92. The number of carbonyl (C=O) groups is 1. The summed E-state index contributed by atoms with van der Waals surface area (Å²) in [5.74, 6) is 1.90. The van der Waals surface area contributed by atoms with Gasteiger partial charge in [0.25, 0.3) is 0 Å². The molecule has 0 saturated carbocycles. The first kappa shape index (κ1) is 18.9. The van der Waals surface area contributed by atoms with Crippen molar-refractivity contribution in [2.75, 3.05) is 31.1 Å². The minimum Gasteiger partial charge on any atom is -0.356 e. The maximum absolute atomic E-state index is 13.1. The van der Waals surface area contributed by atoms with Crippen LogP contribution < -0.4 is 10.6 Å². The maximum Gasteiger partial charge on any atom is 0.227 e. The number of nitrogens with two attached hydrogens (primary N) is 1. The zero-order valence-electron chi connectivity index (χ0n) is 16.3. The Bertz CT molecular complexity index is 770. The van der Waals surface area contributed by atoms with Gasteiger partial charge in [0, 0.05) is 51.7 Å². The third-order valence-corrected chi connectivity index (χ3v) is 5.91. The highest BCUT2D eigenvalue weighted by Gasteiger charge is 2.32. The molecule has 1 amide bonds. The van der Waals surface area contributed by atoms with Crippen LogP contribution in [0.1, 0.15) is 31.4 Å². The van der Waals surface area contributed by atoms with E-state index in [1.54, 1.807) is 0 Å². The van der Waals surface area contributed by atoms with Gasteiger partial charge in [-0.3, -0.25) is 9.48 Å². The molecule has 4 rings (SSSR count). The Balaban J connectivity index is 1.28. The molecule has 0 aliphatic carbocycles. The molecule has 2 aliphatic heterocycles. The van der Waals surface area contributed by atoms with E-state index < -0.39 is 0 Å². The Morgan fingerprint density at radius 2 is 2.04 bits per heavy atom. The lowest BCUT2D eigenvalue weighted by Gasteiger charge is -2.38. The Labute approximate surface area is 165 Å². The molecule has 150 valence electrons. The first-order valence-electron chi connectivity index (χ1n) is 10.3. The Morgan fingerprint density at radius 1 is 1.18 bits per heavy atom. The third-order valence-electron chi connectivity index (χ3n) is 5.91. The van der Waals surface area contributed by atoms with Gasteiger partial charge in [-0.25, -0.2) is 4.98 Å².